The Hall–Kier alpha value is -3.31. The molecule has 1 spiro atoms. The largest absolute Gasteiger partial charge is 0.492 e. The van der Waals surface area contributed by atoms with Gasteiger partial charge in [0, 0.05) is 34.6 Å². The fraction of sp³-hybridized carbons (Fsp3) is 0.310. The molecule has 3 aromatic carbocycles. The molecule has 0 radical (unpaired) electrons. The number of hydrogen-bond donors (Lipinski definition) is 0. The lowest BCUT2D eigenvalue weighted by molar-refractivity contribution is -0.108. The summed E-state index contributed by atoms with van der Waals surface area (Å²) in [6.07, 6.45) is 2.97. The summed E-state index contributed by atoms with van der Waals surface area (Å²) in [6.45, 7) is 4.84. The monoisotopic (exact) mass is 488 g/mol. The van der Waals surface area contributed by atoms with E-state index < -0.39 is 5.60 Å². The molecule has 0 bridgehead atoms. The van der Waals surface area contributed by atoms with Crippen molar-refractivity contribution < 1.29 is 23.8 Å². The maximum absolute atomic E-state index is 13.0. The minimum absolute atomic E-state index is 0.105. The summed E-state index contributed by atoms with van der Waals surface area (Å²) in [7, 11) is 0. The van der Waals surface area contributed by atoms with Gasteiger partial charge in [0.05, 0.1) is 12.2 Å². The minimum atomic E-state index is -0.607. The number of carbonyl (C=O) groups is 2. The normalized spacial score (nSPS) is 18.6. The standard InChI is InChI=1S/C29H25ClO5/c1-16-11-25-27(28(32)29(35-25)8-9-29)17(2)26(16)18-3-6-23(30)20(12-18)15-33-21-4-5-22-19(7-10-31)14-34-24(22)13-21/h3-6,10-13,19H,7-9,14-15H2,1-2H3. The fourth-order valence-corrected chi connectivity index (χ4v) is 5.51. The lowest BCUT2D eigenvalue weighted by atomic mass is 9.89. The topological polar surface area (TPSA) is 61.8 Å². The van der Waals surface area contributed by atoms with E-state index in [1.54, 1.807) is 0 Å². The summed E-state index contributed by atoms with van der Waals surface area (Å²) in [5, 5.41) is 0.616. The van der Waals surface area contributed by atoms with Gasteiger partial charge in [0.1, 0.15) is 30.1 Å². The van der Waals surface area contributed by atoms with Crippen LogP contribution in [0.4, 0.5) is 0 Å². The van der Waals surface area contributed by atoms with E-state index in [-0.39, 0.29) is 18.3 Å². The highest BCUT2D eigenvalue weighted by molar-refractivity contribution is 6.31. The Bertz CT molecular complexity index is 1390. The molecule has 35 heavy (non-hydrogen) atoms. The van der Waals surface area contributed by atoms with Crippen molar-refractivity contribution in [2.24, 2.45) is 0 Å². The summed E-state index contributed by atoms with van der Waals surface area (Å²) in [5.74, 6) is 2.36. The third-order valence-electron chi connectivity index (χ3n) is 7.36. The van der Waals surface area contributed by atoms with Crippen LogP contribution in [-0.2, 0) is 11.4 Å². The van der Waals surface area contributed by atoms with Gasteiger partial charge in [0.15, 0.2) is 5.60 Å². The molecule has 1 atom stereocenters. The van der Waals surface area contributed by atoms with Crippen molar-refractivity contribution >= 4 is 23.7 Å². The maximum atomic E-state index is 13.0. The molecule has 1 fully saturated rings. The first-order valence-corrected chi connectivity index (χ1v) is 12.3. The first-order valence-electron chi connectivity index (χ1n) is 11.9. The zero-order valence-electron chi connectivity index (χ0n) is 19.7. The fourth-order valence-electron chi connectivity index (χ4n) is 5.34. The van der Waals surface area contributed by atoms with Gasteiger partial charge in [0.25, 0.3) is 0 Å². The van der Waals surface area contributed by atoms with Gasteiger partial charge in [-0.05, 0) is 73.2 Å². The number of ketones is 1. The highest BCUT2D eigenvalue weighted by Crippen LogP contribution is 2.52. The highest BCUT2D eigenvalue weighted by atomic mass is 35.5. The number of aldehydes is 1. The second kappa shape index (κ2) is 8.13. The van der Waals surface area contributed by atoms with E-state index in [4.69, 9.17) is 25.8 Å². The Morgan fingerprint density at radius 2 is 1.91 bits per heavy atom. The van der Waals surface area contributed by atoms with E-state index in [9.17, 15) is 9.59 Å². The van der Waals surface area contributed by atoms with Crippen LogP contribution in [0.5, 0.6) is 17.2 Å². The molecular weight excluding hydrogens is 464 g/mol. The van der Waals surface area contributed by atoms with Gasteiger partial charge in [-0.2, -0.15) is 0 Å². The number of hydrogen-bond acceptors (Lipinski definition) is 5. The van der Waals surface area contributed by atoms with E-state index in [1.807, 2.05) is 56.3 Å². The summed E-state index contributed by atoms with van der Waals surface area (Å²) < 4.78 is 17.8. The number of rotatable bonds is 6. The second-order valence-corrected chi connectivity index (χ2v) is 10.1. The van der Waals surface area contributed by atoms with Gasteiger partial charge >= 0.3 is 0 Å². The second-order valence-electron chi connectivity index (χ2n) is 9.70. The Labute approximate surface area is 209 Å². The number of aryl methyl sites for hydroxylation is 1. The highest BCUT2D eigenvalue weighted by Gasteiger charge is 2.58. The predicted octanol–water partition coefficient (Wildman–Crippen LogP) is 6.38. The van der Waals surface area contributed by atoms with Crippen molar-refractivity contribution in [3.8, 4) is 28.4 Å². The van der Waals surface area contributed by atoms with Crippen molar-refractivity contribution in [2.45, 2.75) is 51.2 Å². The van der Waals surface area contributed by atoms with Crippen LogP contribution in [0.25, 0.3) is 11.1 Å². The summed E-state index contributed by atoms with van der Waals surface area (Å²) in [6, 6.07) is 13.6. The first-order chi connectivity index (χ1) is 16.9. The van der Waals surface area contributed by atoms with Crippen molar-refractivity contribution in [1.29, 1.82) is 0 Å². The average molecular weight is 489 g/mol. The van der Waals surface area contributed by atoms with E-state index >= 15 is 0 Å². The Morgan fingerprint density at radius 3 is 2.69 bits per heavy atom. The number of halogens is 1. The molecule has 1 saturated carbocycles. The summed E-state index contributed by atoms with van der Waals surface area (Å²) >= 11 is 6.53. The van der Waals surface area contributed by atoms with Crippen molar-refractivity contribution in [3.05, 3.63) is 75.3 Å². The molecule has 0 N–H and O–H groups in total. The molecule has 1 unspecified atom stereocenters. The van der Waals surface area contributed by atoms with E-state index in [2.05, 4.69) is 0 Å². The maximum Gasteiger partial charge on any atom is 0.210 e. The van der Waals surface area contributed by atoms with Gasteiger partial charge in [0.2, 0.25) is 5.78 Å². The van der Waals surface area contributed by atoms with Crippen LogP contribution >= 0.6 is 11.6 Å². The molecule has 178 valence electrons. The van der Waals surface area contributed by atoms with Crippen LogP contribution < -0.4 is 14.2 Å². The molecule has 0 aromatic heterocycles. The number of benzene rings is 3. The zero-order chi connectivity index (χ0) is 24.3. The van der Waals surface area contributed by atoms with Crippen LogP contribution in [0.3, 0.4) is 0 Å². The Kier molecular flexibility index (Phi) is 5.15. The molecule has 0 saturated heterocycles. The van der Waals surface area contributed by atoms with Gasteiger partial charge in [-0.3, -0.25) is 4.79 Å². The minimum Gasteiger partial charge on any atom is -0.492 e. The Balaban J connectivity index is 1.27. The van der Waals surface area contributed by atoms with Crippen LogP contribution in [-0.4, -0.2) is 24.3 Å². The van der Waals surface area contributed by atoms with Gasteiger partial charge < -0.3 is 19.0 Å². The van der Waals surface area contributed by atoms with Crippen LogP contribution in [0.1, 0.15) is 57.8 Å². The lowest BCUT2D eigenvalue weighted by Gasteiger charge is -2.15. The van der Waals surface area contributed by atoms with E-state index in [0.717, 1.165) is 58.3 Å². The molecule has 6 rings (SSSR count). The molecular formula is C29H25ClO5. The molecule has 5 nitrogen and oxygen atoms in total. The van der Waals surface area contributed by atoms with Gasteiger partial charge in [-0.1, -0.05) is 23.7 Å². The molecule has 3 aliphatic rings. The quantitative estimate of drug-likeness (QED) is 0.377. The predicted molar refractivity (Wildman–Crippen MR) is 133 cm³/mol. The van der Waals surface area contributed by atoms with Crippen molar-refractivity contribution in [3.63, 3.8) is 0 Å². The average Bonchev–Trinajstić information content (AvgIpc) is 3.43. The molecule has 0 amide bonds. The van der Waals surface area contributed by atoms with Crippen LogP contribution in [0, 0.1) is 13.8 Å². The molecule has 6 heteroatoms. The number of Topliss-reactive ketones (excluding diaryl/α,β-unsaturated/α-hetero) is 1. The lowest BCUT2D eigenvalue weighted by Crippen LogP contribution is -2.22. The van der Waals surface area contributed by atoms with E-state index in [1.165, 1.54) is 0 Å². The zero-order valence-corrected chi connectivity index (χ0v) is 20.4. The molecule has 2 heterocycles. The Morgan fingerprint density at radius 1 is 1.09 bits per heavy atom. The number of carbonyl (C=O) groups excluding carboxylic acids is 2. The first kappa shape index (κ1) is 22.2. The summed E-state index contributed by atoms with van der Waals surface area (Å²) in [4.78, 5) is 23.9. The molecule has 1 aliphatic carbocycles. The van der Waals surface area contributed by atoms with Crippen molar-refractivity contribution in [1.82, 2.24) is 0 Å². The number of ether oxygens (including phenoxy) is 3. The molecule has 2 aliphatic heterocycles. The van der Waals surface area contributed by atoms with E-state index in [0.29, 0.717) is 35.1 Å². The SMILES string of the molecule is Cc1cc2c(c(C)c1-c1ccc(Cl)c(COc3ccc4c(c3)OCC4CC=O)c1)C(=O)C1(CC1)O2. The third kappa shape index (κ3) is 3.61. The smallest absolute Gasteiger partial charge is 0.210 e. The summed E-state index contributed by atoms with van der Waals surface area (Å²) in [5.41, 5.74) is 6.02. The van der Waals surface area contributed by atoms with Gasteiger partial charge in [-0.15, -0.1) is 0 Å². The third-order valence-corrected chi connectivity index (χ3v) is 7.73. The van der Waals surface area contributed by atoms with Crippen molar-refractivity contribution in [2.75, 3.05) is 6.61 Å². The molecule has 3 aromatic rings. The number of fused-ring (bicyclic) bond motifs is 2. The van der Waals surface area contributed by atoms with Crippen LogP contribution in [0.15, 0.2) is 42.5 Å². The van der Waals surface area contributed by atoms with Gasteiger partial charge in [-0.25, -0.2) is 0 Å². The van der Waals surface area contributed by atoms with Crippen LogP contribution in [0.2, 0.25) is 5.02 Å².